The lowest BCUT2D eigenvalue weighted by atomic mass is 10.0. The van der Waals surface area contributed by atoms with Gasteiger partial charge in [0, 0.05) is 103 Å². The number of aliphatic hydroxyl groups is 2. The average Bonchev–Trinajstić information content (AvgIpc) is 1.68. The minimum Gasteiger partial charge on any atom is -0.481 e. The topological polar surface area (TPSA) is 324 Å². The first-order valence-electron chi connectivity index (χ1n) is 41.4. The summed E-state index contributed by atoms with van der Waals surface area (Å²) in [6.45, 7) is -0.0715. The van der Waals surface area contributed by atoms with Crippen LogP contribution in [-0.2, 0) is 60.9 Å². The third-order valence-corrected chi connectivity index (χ3v) is 22.1. The largest absolute Gasteiger partial charge is 0.481 e. The van der Waals surface area contributed by atoms with Gasteiger partial charge in [-0.3, -0.25) is 34.0 Å². The van der Waals surface area contributed by atoms with Crippen LogP contribution < -0.4 is 25.0 Å². The van der Waals surface area contributed by atoms with E-state index in [9.17, 15) is 39.0 Å². The molecule has 0 aliphatic carbocycles. The predicted octanol–water partition coefficient (Wildman–Crippen LogP) is 20.4. The highest BCUT2D eigenvalue weighted by Gasteiger charge is 2.35. The first-order valence-corrected chi connectivity index (χ1v) is 43.4. The Labute approximate surface area is 719 Å². The Morgan fingerprint density at radius 3 is 1.04 bits per heavy atom. The summed E-state index contributed by atoms with van der Waals surface area (Å²) in [7, 11) is 1.64. The second-order valence-corrected chi connectivity index (χ2v) is 31.3. The van der Waals surface area contributed by atoms with Crippen LogP contribution in [0.5, 0.6) is 17.2 Å². The molecule has 4 heterocycles. The molecule has 6 atom stereocenters. The summed E-state index contributed by atoms with van der Waals surface area (Å²) in [6.07, 6.45) is 10.1. The third kappa shape index (κ3) is 29.8. The smallest absolute Gasteiger partial charge is 0.311 e. The molecule has 122 heavy (non-hydrogen) atoms. The van der Waals surface area contributed by atoms with Crippen LogP contribution >= 0.6 is 23.5 Å². The molecule has 638 valence electrons. The molecule has 6 N–H and O–H groups in total. The second-order valence-electron chi connectivity index (χ2n) is 29.3. The predicted molar refractivity (Wildman–Crippen MR) is 464 cm³/mol. The molecule has 2 saturated heterocycles. The lowest BCUT2D eigenvalue weighted by Crippen LogP contribution is -2.31. The number of esters is 3. The number of unbranched alkanes of at least 4 members (excludes halogenated alkanes) is 9. The number of ether oxygens (including phenoxy) is 7. The van der Waals surface area contributed by atoms with Gasteiger partial charge in [-0.1, -0.05) is 274 Å². The van der Waals surface area contributed by atoms with E-state index < -0.39 is 24.5 Å². The molecule has 23 nitrogen and oxygen atoms in total. The average molecular weight is 1690 g/mol. The van der Waals surface area contributed by atoms with Gasteiger partial charge in [0.2, 0.25) is 11.8 Å². The van der Waals surface area contributed by atoms with Gasteiger partial charge < -0.3 is 62.6 Å². The molecule has 25 heteroatoms. The molecule has 9 aromatic carbocycles. The summed E-state index contributed by atoms with van der Waals surface area (Å²) < 4.78 is 55.1. The zero-order valence-electron chi connectivity index (χ0n) is 68.2. The van der Waals surface area contributed by atoms with Crippen LogP contribution in [0.4, 0.5) is 0 Å². The van der Waals surface area contributed by atoms with Gasteiger partial charge in [0.15, 0.2) is 24.1 Å². The number of aliphatic carboxylic acids is 1. The number of nitrogens with one attached hydrogen (secondary N) is 2. The first-order chi connectivity index (χ1) is 59.6. The van der Waals surface area contributed by atoms with Gasteiger partial charge in [-0.15, -0.1) is 0 Å². The molecule has 0 bridgehead atoms. The number of amides is 2. The zero-order chi connectivity index (χ0) is 85.5. The molecule has 2 aromatic heterocycles. The highest BCUT2D eigenvalue weighted by molar-refractivity contribution is 7.99. The maximum Gasteiger partial charge on any atom is 0.311 e. The lowest BCUT2D eigenvalue weighted by Gasteiger charge is -2.36. The van der Waals surface area contributed by atoms with Gasteiger partial charge in [-0.2, -0.15) is 0 Å². The Morgan fingerprint density at radius 1 is 0.377 bits per heavy atom. The van der Waals surface area contributed by atoms with E-state index in [1.165, 1.54) is 23.5 Å². The fourth-order valence-electron chi connectivity index (χ4n) is 13.6. The number of nitrogens with zero attached hydrogens (tertiary/aromatic N) is 2. The van der Waals surface area contributed by atoms with Crippen molar-refractivity contribution in [1.82, 2.24) is 20.8 Å². The zero-order valence-corrected chi connectivity index (χ0v) is 69.9. The number of carboxylic acids is 1. The van der Waals surface area contributed by atoms with Crippen LogP contribution in [0, 0.1) is 0 Å². The number of hydrogen-bond donors (Lipinski definition) is 6. The van der Waals surface area contributed by atoms with Gasteiger partial charge >= 0.3 is 23.9 Å². The molecule has 13 rings (SSSR count). The van der Waals surface area contributed by atoms with Crippen molar-refractivity contribution < 1.29 is 91.3 Å². The van der Waals surface area contributed by atoms with E-state index in [2.05, 4.69) is 5.32 Å². The third-order valence-electron chi connectivity index (χ3n) is 20.1. The molecule has 2 amide bonds. The molecular formula is C97H104N4O19S2. The lowest BCUT2D eigenvalue weighted by molar-refractivity contribution is -0.245. The normalized spacial score (nSPS) is 16.0. The van der Waals surface area contributed by atoms with E-state index >= 15 is 0 Å². The van der Waals surface area contributed by atoms with Gasteiger partial charge in [0.1, 0.15) is 28.6 Å². The number of carbonyl (C=O) groups is 6. The number of benzene rings is 9. The van der Waals surface area contributed by atoms with E-state index in [4.69, 9.17) is 62.3 Å². The number of hydroxylamine groups is 1. The minimum absolute atomic E-state index is 0.0351. The maximum atomic E-state index is 12.4. The van der Waals surface area contributed by atoms with E-state index in [0.29, 0.717) is 102 Å². The molecule has 11 aromatic rings. The monoisotopic (exact) mass is 1690 g/mol. The highest BCUT2D eigenvalue weighted by Crippen LogP contribution is 2.44. The quantitative estimate of drug-likeness (QED) is 0.00519. The Bertz CT molecular complexity index is 4880. The highest BCUT2D eigenvalue weighted by atomic mass is 32.2. The van der Waals surface area contributed by atoms with Crippen LogP contribution in [0.3, 0.4) is 0 Å². The molecular weight excluding hydrogens is 1590 g/mol. The number of para-hydroxylation sites is 1. The summed E-state index contributed by atoms with van der Waals surface area (Å²) in [5, 5.41) is 40.2. The van der Waals surface area contributed by atoms with Crippen molar-refractivity contribution in [3.63, 3.8) is 0 Å². The summed E-state index contributed by atoms with van der Waals surface area (Å²) >= 11 is 3.00. The second kappa shape index (κ2) is 49.5. The van der Waals surface area contributed by atoms with Gasteiger partial charge in [-0.25, -0.2) is 15.4 Å². The molecule has 2 aliphatic rings. The summed E-state index contributed by atoms with van der Waals surface area (Å²) in [4.78, 5) is 78.9. The van der Waals surface area contributed by atoms with Crippen molar-refractivity contribution in [2.45, 2.75) is 189 Å². The SMILES string of the molecule is CNC(=O)CCCCCCC(=O)Oc1ccccc1.O=C(CCCCCCC(=O)Oc1ccc([C@H]2O[C@@H](CSc3nc(-c4ccccc4)c(-c4ccccc4)o3)C[C@@H](c3ccc(CO)cc3)O2)cc1)NO.O=C(O)CCCCCCC(=O)Oc1ccc([C@H]2O[C@@H](CSc3nc(-c4ccccc4)c(-c4ccccc4)o3)C[C@@H](c3ccc(CO)cc3)O2)cc1. The van der Waals surface area contributed by atoms with E-state index in [1.54, 1.807) is 48.9 Å². The van der Waals surface area contributed by atoms with Crippen LogP contribution in [-0.4, -0.2) is 96.9 Å². The molecule has 0 spiro atoms. The number of carbonyl (C=O) groups excluding carboxylic acids is 5. The van der Waals surface area contributed by atoms with Crippen molar-refractivity contribution in [2.75, 3.05) is 18.6 Å². The Balaban J connectivity index is 0.000000197. The number of aliphatic hydroxyl groups excluding tert-OH is 2. The molecule has 2 aliphatic heterocycles. The molecule has 0 saturated carbocycles. The minimum atomic E-state index is -0.801. The number of thioether (sulfide) groups is 2. The van der Waals surface area contributed by atoms with Crippen LogP contribution in [0.25, 0.3) is 45.2 Å². The van der Waals surface area contributed by atoms with Crippen molar-refractivity contribution in [3.05, 3.63) is 282 Å². The van der Waals surface area contributed by atoms with Gasteiger partial charge in [0.05, 0.1) is 37.6 Å². The fourth-order valence-corrected chi connectivity index (χ4v) is 15.3. The van der Waals surface area contributed by atoms with Crippen molar-refractivity contribution in [1.29, 1.82) is 0 Å². The van der Waals surface area contributed by atoms with Gasteiger partial charge in [-0.05, 0) is 97.2 Å². The van der Waals surface area contributed by atoms with Crippen LogP contribution in [0.1, 0.15) is 187 Å². The number of aromatic nitrogens is 2. The maximum absolute atomic E-state index is 12.4. The van der Waals surface area contributed by atoms with Crippen LogP contribution in [0.2, 0.25) is 0 Å². The van der Waals surface area contributed by atoms with Gasteiger partial charge in [0.25, 0.3) is 10.4 Å². The number of hydrogen-bond acceptors (Lipinski definition) is 22. The number of oxazole rings is 2. The molecule has 0 unspecified atom stereocenters. The number of rotatable bonds is 40. The summed E-state index contributed by atoms with van der Waals surface area (Å²) in [5.74, 6) is 2.03. The van der Waals surface area contributed by atoms with Crippen molar-refractivity contribution >= 4 is 59.2 Å². The Morgan fingerprint density at radius 2 is 0.697 bits per heavy atom. The summed E-state index contributed by atoms with van der Waals surface area (Å²) in [6, 6.07) is 78.8. The Kier molecular flexibility index (Phi) is 37.1. The van der Waals surface area contributed by atoms with Crippen molar-refractivity contribution in [2.24, 2.45) is 0 Å². The fraction of sp³-hybridized carbons (Fsp3) is 0.320. The van der Waals surface area contributed by atoms with E-state index in [0.717, 1.165) is 118 Å². The standard InChI is InChI=1S/C41H42N2O8S.C41H41NO8S.C15H21NO3/c44-26-28-17-19-29(20-18-28)35-25-34(27-52-41-42-38(30-11-5-3-6-12-30)39(51-41)31-13-7-4-8-14-31)49-40(50-35)32-21-23-33(24-22-32)48-37(46)16-10-2-1-9-15-36(45)43-47;43-26-28-17-19-29(20-18-28)35-25-34(27-51-41-42-38(30-11-5-3-6-12-30)39(50-41)31-13-7-4-8-14-31)48-40(49-35)32-21-23-33(24-22-32)47-37(46)16-10-2-1-9-15-36(44)45;1-16-14(17)11-7-2-3-8-12-15(18)19-13-9-5-4-6-10-13/h3-8,11-14,17-24,34-35,40,44,47H,1-2,9-10,15-16,25-27H2,(H,43,45);3-8,11-14,17-24,34-35,40,43H,1-2,9-10,15-16,25-27H2,(H,44,45);4-6,9-10H,2-3,7-8,11-12H2,1H3,(H,16,17)/t2*34-,35+,40+;/m11./s1. The van der Waals surface area contributed by atoms with E-state index in [1.807, 2.05) is 212 Å². The van der Waals surface area contributed by atoms with E-state index in [-0.39, 0.29) is 87.1 Å². The molecule has 2 fully saturated rings. The summed E-state index contributed by atoms with van der Waals surface area (Å²) in [5.41, 5.74) is 12.2. The first kappa shape index (κ1) is 91.4. The Hall–Kier alpha value is -11.4. The van der Waals surface area contributed by atoms with Crippen LogP contribution in [0.15, 0.2) is 268 Å². The molecule has 0 radical (unpaired) electrons. The number of carboxylic acid groups (broad SMARTS) is 1. The van der Waals surface area contributed by atoms with Crippen molar-refractivity contribution in [3.8, 4) is 62.4 Å².